The molecule has 1 aromatic rings. The normalized spacial score (nSPS) is 9.83. The van der Waals surface area contributed by atoms with Crippen LogP contribution in [0.25, 0.3) is 0 Å². The fourth-order valence-electron chi connectivity index (χ4n) is 0.886. The van der Waals surface area contributed by atoms with Crippen LogP contribution in [-0.2, 0) is 0 Å². The Hall–Kier alpha value is -1.65. The Bertz CT molecular complexity index is 338. The lowest BCUT2D eigenvalue weighted by Gasteiger charge is -1.99. The molecule has 0 fully saturated rings. The Morgan fingerprint density at radius 2 is 2.17 bits per heavy atom. The van der Waals surface area contributed by atoms with Crippen LogP contribution in [0.5, 0.6) is 0 Å². The topological polar surface area (TPSA) is 69.2 Å². The molecule has 64 valence electrons. The van der Waals surface area contributed by atoms with E-state index in [9.17, 15) is 14.5 Å². The van der Waals surface area contributed by atoms with Gasteiger partial charge in [0.2, 0.25) is 0 Å². The second-order valence-corrected chi connectivity index (χ2v) is 2.44. The highest BCUT2D eigenvalue weighted by molar-refractivity contribution is 5.60. The van der Waals surface area contributed by atoms with Gasteiger partial charge in [-0.2, -0.15) is 0 Å². The molecular weight excluding hydrogens is 163 g/mol. The molecule has 0 heterocycles. The molecule has 0 saturated heterocycles. The van der Waals surface area contributed by atoms with E-state index in [0.717, 1.165) is 6.07 Å². The highest BCUT2D eigenvalue weighted by atomic mass is 19.1. The zero-order valence-electron chi connectivity index (χ0n) is 6.37. The van der Waals surface area contributed by atoms with E-state index in [-0.39, 0.29) is 5.69 Å². The van der Waals surface area contributed by atoms with Crippen molar-refractivity contribution in [3.63, 3.8) is 0 Å². The third kappa shape index (κ3) is 1.34. The van der Waals surface area contributed by atoms with Gasteiger partial charge in [0.05, 0.1) is 4.92 Å². The molecule has 0 aliphatic carbocycles. The summed E-state index contributed by atoms with van der Waals surface area (Å²) in [5, 5.41) is 10.3. The number of nitro groups is 1. The molecule has 0 spiro atoms. The first kappa shape index (κ1) is 8.45. The molecule has 1 aromatic carbocycles. The van der Waals surface area contributed by atoms with Crippen molar-refractivity contribution in [1.29, 1.82) is 0 Å². The Labute approximate surface area is 68.0 Å². The number of nitro benzene ring substituents is 1. The van der Waals surface area contributed by atoms with Gasteiger partial charge in [0, 0.05) is 6.07 Å². The van der Waals surface area contributed by atoms with Gasteiger partial charge in [0.1, 0.15) is 5.69 Å². The van der Waals surface area contributed by atoms with Crippen molar-refractivity contribution >= 4 is 11.4 Å². The Morgan fingerprint density at radius 1 is 1.58 bits per heavy atom. The first-order chi connectivity index (χ1) is 5.52. The summed E-state index contributed by atoms with van der Waals surface area (Å²) in [4.78, 5) is 9.58. The van der Waals surface area contributed by atoms with Gasteiger partial charge in [-0.05, 0) is 18.6 Å². The summed E-state index contributed by atoms with van der Waals surface area (Å²) in [7, 11) is 0. The van der Waals surface area contributed by atoms with E-state index in [1.807, 2.05) is 0 Å². The third-order valence-corrected chi connectivity index (χ3v) is 1.45. The van der Waals surface area contributed by atoms with Crippen LogP contribution >= 0.6 is 0 Å². The first-order valence-electron chi connectivity index (χ1n) is 3.22. The summed E-state index contributed by atoms with van der Waals surface area (Å²) < 4.78 is 12.8. The van der Waals surface area contributed by atoms with Crippen LogP contribution in [0, 0.1) is 22.9 Å². The number of rotatable bonds is 1. The predicted octanol–water partition coefficient (Wildman–Crippen LogP) is 1.62. The van der Waals surface area contributed by atoms with Gasteiger partial charge in [-0.15, -0.1) is 0 Å². The lowest BCUT2D eigenvalue weighted by atomic mass is 10.2. The monoisotopic (exact) mass is 170 g/mol. The largest absolute Gasteiger partial charge is 0.391 e. The van der Waals surface area contributed by atoms with Crippen LogP contribution in [0.15, 0.2) is 12.1 Å². The molecule has 5 heteroatoms. The van der Waals surface area contributed by atoms with Gasteiger partial charge >= 0.3 is 0 Å². The van der Waals surface area contributed by atoms with Gasteiger partial charge in [-0.1, -0.05) is 0 Å². The van der Waals surface area contributed by atoms with Crippen molar-refractivity contribution < 1.29 is 9.31 Å². The minimum Gasteiger partial charge on any atom is -0.391 e. The van der Waals surface area contributed by atoms with Gasteiger partial charge < -0.3 is 5.73 Å². The van der Waals surface area contributed by atoms with Crippen molar-refractivity contribution in [3.8, 4) is 0 Å². The van der Waals surface area contributed by atoms with Gasteiger partial charge in [0.25, 0.3) is 5.69 Å². The molecule has 0 radical (unpaired) electrons. The van der Waals surface area contributed by atoms with Crippen LogP contribution < -0.4 is 5.73 Å². The van der Waals surface area contributed by atoms with Crippen LogP contribution in [0.2, 0.25) is 0 Å². The first-order valence-corrected chi connectivity index (χ1v) is 3.22. The number of benzene rings is 1. The van der Waals surface area contributed by atoms with Crippen LogP contribution in [0.3, 0.4) is 0 Å². The molecular formula is C7H7FN2O2. The van der Waals surface area contributed by atoms with E-state index in [2.05, 4.69) is 0 Å². The molecule has 0 amide bonds. The second-order valence-electron chi connectivity index (χ2n) is 2.44. The highest BCUT2D eigenvalue weighted by Crippen LogP contribution is 2.25. The summed E-state index contributed by atoms with van der Waals surface area (Å²) in [6.07, 6.45) is 0. The lowest BCUT2D eigenvalue weighted by Crippen LogP contribution is -1.99. The van der Waals surface area contributed by atoms with Gasteiger partial charge in [-0.25, -0.2) is 4.39 Å². The van der Waals surface area contributed by atoms with E-state index in [0.29, 0.717) is 5.56 Å². The summed E-state index contributed by atoms with van der Waals surface area (Å²) in [5.41, 5.74) is 4.82. The fraction of sp³-hybridized carbons (Fsp3) is 0.143. The van der Waals surface area contributed by atoms with Crippen molar-refractivity contribution in [1.82, 2.24) is 0 Å². The molecule has 1 rings (SSSR count). The molecule has 0 bridgehead atoms. The Kier molecular flexibility index (Phi) is 1.95. The molecule has 0 aliphatic rings. The van der Waals surface area contributed by atoms with E-state index in [1.165, 1.54) is 6.07 Å². The minimum atomic E-state index is -0.748. The Balaban J connectivity index is 3.37. The van der Waals surface area contributed by atoms with Gasteiger partial charge in [0.15, 0.2) is 5.82 Å². The lowest BCUT2D eigenvalue weighted by molar-refractivity contribution is -0.384. The third-order valence-electron chi connectivity index (χ3n) is 1.45. The summed E-state index contributed by atoms with van der Waals surface area (Å²) in [6.45, 7) is 1.56. The van der Waals surface area contributed by atoms with Crippen LogP contribution in [-0.4, -0.2) is 4.92 Å². The van der Waals surface area contributed by atoms with Crippen molar-refractivity contribution in [2.45, 2.75) is 6.92 Å². The summed E-state index contributed by atoms with van der Waals surface area (Å²) in [6, 6.07) is 2.39. The summed E-state index contributed by atoms with van der Waals surface area (Å²) >= 11 is 0. The zero-order valence-corrected chi connectivity index (χ0v) is 6.37. The van der Waals surface area contributed by atoms with E-state index >= 15 is 0 Å². The number of anilines is 1. The number of nitrogens with zero attached hydrogens (tertiary/aromatic N) is 1. The van der Waals surface area contributed by atoms with E-state index < -0.39 is 16.4 Å². The SMILES string of the molecule is Cc1cc(F)c(N)c([N+](=O)[O-])c1. The van der Waals surface area contributed by atoms with E-state index in [1.54, 1.807) is 6.92 Å². The number of nitrogen functional groups attached to an aromatic ring is 1. The van der Waals surface area contributed by atoms with Crippen molar-refractivity contribution in [2.24, 2.45) is 0 Å². The standard InChI is InChI=1S/C7H7FN2O2/c1-4-2-5(8)7(9)6(3-4)10(11)12/h2-3H,9H2,1H3. The molecule has 12 heavy (non-hydrogen) atoms. The maximum absolute atomic E-state index is 12.8. The Morgan fingerprint density at radius 3 is 2.67 bits per heavy atom. The number of aryl methyl sites for hydroxylation is 1. The quantitative estimate of drug-likeness (QED) is 0.395. The predicted molar refractivity (Wildman–Crippen MR) is 42.2 cm³/mol. The fourth-order valence-corrected chi connectivity index (χ4v) is 0.886. The molecule has 0 atom stereocenters. The molecule has 0 unspecified atom stereocenters. The zero-order chi connectivity index (χ0) is 9.30. The molecule has 2 N–H and O–H groups in total. The van der Waals surface area contributed by atoms with Crippen LogP contribution in [0.1, 0.15) is 5.56 Å². The number of hydrogen-bond acceptors (Lipinski definition) is 3. The number of nitrogens with two attached hydrogens (primary N) is 1. The van der Waals surface area contributed by atoms with Gasteiger partial charge in [-0.3, -0.25) is 10.1 Å². The molecule has 0 saturated carbocycles. The molecule has 0 aromatic heterocycles. The van der Waals surface area contributed by atoms with Crippen LogP contribution in [0.4, 0.5) is 15.8 Å². The minimum absolute atomic E-state index is 0.382. The molecule has 4 nitrogen and oxygen atoms in total. The van der Waals surface area contributed by atoms with Crippen molar-refractivity contribution in [2.75, 3.05) is 5.73 Å². The maximum atomic E-state index is 12.8. The van der Waals surface area contributed by atoms with Crippen molar-refractivity contribution in [3.05, 3.63) is 33.6 Å². The smallest absolute Gasteiger partial charge is 0.295 e. The average molecular weight is 170 g/mol. The second kappa shape index (κ2) is 2.77. The number of hydrogen-bond donors (Lipinski definition) is 1. The molecule has 0 aliphatic heterocycles. The highest BCUT2D eigenvalue weighted by Gasteiger charge is 2.15. The maximum Gasteiger partial charge on any atom is 0.295 e. The van der Waals surface area contributed by atoms with E-state index in [4.69, 9.17) is 5.73 Å². The summed E-state index contributed by atoms with van der Waals surface area (Å²) in [5.74, 6) is -0.748. The number of halogens is 1. The average Bonchev–Trinajstić information content (AvgIpc) is 1.96.